The lowest BCUT2D eigenvalue weighted by Gasteiger charge is -2.08. The third kappa shape index (κ3) is 2.06. The van der Waals surface area contributed by atoms with Gasteiger partial charge in [-0.25, -0.2) is 4.98 Å². The standard InChI is InChI=1S/C13H10ClIN2S/c1-8(14)13-16-11-6-9(15)2-3-12(11)17(13)10-4-5-18-7-10/h2-8H,1H3. The molecule has 0 radical (unpaired) electrons. The highest BCUT2D eigenvalue weighted by Crippen LogP contribution is 2.29. The molecule has 3 rings (SSSR count). The van der Waals surface area contributed by atoms with Gasteiger partial charge in [-0.2, -0.15) is 11.3 Å². The van der Waals surface area contributed by atoms with Gasteiger partial charge in [-0.3, -0.25) is 4.57 Å². The maximum absolute atomic E-state index is 6.25. The van der Waals surface area contributed by atoms with E-state index >= 15 is 0 Å². The summed E-state index contributed by atoms with van der Waals surface area (Å²) in [4.78, 5) is 4.66. The summed E-state index contributed by atoms with van der Waals surface area (Å²) in [5.41, 5.74) is 3.23. The predicted octanol–water partition coefficient (Wildman–Crippen LogP) is 4.99. The maximum atomic E-state index is 6.25. The quantitative estimate of drug-likeness (QED) is 0.447. The molecule has 18 heavy (non-hydrogen) atoms. The van der Waals surface area contributed by atoms with Crippen LogP contribution in [0, 0.1) is 3.57 Å². The first-order valence-corrected chi connectivity index (χ1v) is 7.97. The molecule has 0 N–H and O–H groups in total. The van der Waals surface area contributed by atoms with Gasteiger partial charge >= 0.3 is 0 Å². The zero-order chi connectivity index (χ0) is 12.7. The lowest BCUT2D eigenvalue weighted by molar-refractivity contribution is 0.885. The molecule has 5 heteroatoms. The van der Waals surface area contributed by atoms with Crippen LogP contribution in [0.1, 0.15) is 18.1 Å². The van der Waals surface area contributed by atoms with Crippen molar-refractivity contribution in [1.82, 2.24) is 9.55 Å². The first-order chi connectivity index (χ1) is 8.66. The molecule has 2 nitrogen and oxygen atoms in total. The topological polar surface area (TPSA) is 17.8 Å². The summed E-state index contributed by atoms with van der Waals surface area (Å²) in [7, 11) is 0. The van der Waals surface area contributed by atoms with Crippen LogP contribution in [-0.4, -0.2) is 9.55 Å². The lowest BCUT2D eigenvalue weighted by atomic mass is 10.3. The van der Waals surface area contributed by atoms with Crippen LogP contribution >= 0.6 is 45.5 Å². The predicted molar refractivity (Wildman–Crippen MR) is 85.9 cm³/mol. The Morgan fingerprint density at radius 1 is 1.39 bits per heavy atom. The number of thiophene rings is 1. The Bertz CT molecular complexity index is 688. The van der Waals surface area contributed by atoms with Crippen LogP contribution in [0.25, 0.3) is 16.7 Å². The first-order valence-electron chi connectivity index (χ1n) is 5.51. The Labute approximate surface area is 128 Å². The fourth-order valence-electron chi connectivity index (χ4n) is 1.99. The monoisotopic (exact) mass is 388 g/mol. The number of hydrogen-bond acceptors (Lipinski definition) is 2. The fourth-order valence-corrected chi connectivity index (χ4v) is 3.24. The van der Waals surface area contributed by atoms with Crippen molar-refractivity contribution in [2.75, 3.05) is 0 Å². The maximum Gasteiger partial charge on any atom is 0.132 e. The normalized spacial score (nSPS) is 13.1. The van der Waals surface area contributed by atoms with Crippen molar-refractivity contribution in [3.63, 3.8) is 0 Å². The molecule has 0 bridgehead atoms. The van der Waals surface area contributed by atoms with Crippen LogP contribution < -0.4 is 0 Å². The summed E-state index contributed by atoms with van der Waals surface area (Å²) >= 11 is 10.2. The Morgan fingerprint density at radius 3 is 2.89 bits per heavy atom. The van der Waals surface area contributed by atoms with Crippen molar-refractivity contribution >= 4 is 56.6 Å². The molecule has 0 saturated heterocycles. The molecule has 3 aromatic rings. The minimum atomic E-state index is -0.116. The van der Waals surface area contributed by atoms with Gasteiger partial charge in [0, 0.05) is 8.95 Å². The molecular weight excluding hydrogens is 379 g/mol. The SMILES string of the molecule is CC(Cl)c1nc2cc(I)ccc2n1-c1ccsc1. The number of aromatic nitrogens is 2. The van der Waals surface area contributed by atoms with Gasteiger partial charge in [-0.1, -0.05) is 0 Å². The average molecular weight is 389 g/mol. The highest BCUT2D eigenvalue weighted by atomic mass is 127. The van der Waals surface area contributed by atoms with Gasteiger partial charge in [-0.15, -0.1) is 11.6 Å². The van der Waals surface area contributed by atoms with E-state index in [0.717, 1.165) is 22.5 Å². The molecule has 1 aromatic carbocycles. The van der Waals surface area contributed by atoms with E-state index in [1.807, 2.05) is 6.92 Å². The van der Waals surface area contributed by atoms with Crippen LogP contribution in [0.3, 0.4) is 0 Å². The highest BCUT2D eigenvalue weighted by molar-refractivity contribution is 14.1. The lowest BCUT2D eigenvalue weighted by Crippen LogP contribution is -2.00. The van der Waals surface area contributed by atoms with Gasteiger partial charge in [0.2, 0.25) is 0 Å². The zero-order valence-corrected chi connectivity index (χ0v) is 13.3. The van der Waals surface area contributed by atoms with E-state index in [0.29, 0.717) is 0 Å². The van der Waals surface area contributed by atoms with Crippen molar-refractivity contribution in [3.05, 3.63) is 44.4 Å². The van der Waals surface area contributed by atoms with E-state index in [-0.39, 0.29) is 5.38 Å². The average Bonchev–Trinajstić information content (AvgIpc) is 2.92. The molecule has 0 aliphatic carbocycles. The largest absolute Gasteiger partial charge is 0.294 e. The molecule has 2 aromatic heterocycles. The number of fused-ring (bicyclic) bond motifs is 1. The third-order valence-corrected chi connectivity index (χ3v) is 4.30. The molecule has 1 unspecified atom stereocenters. The molecule has 0 aliphatic heterocycles. The van der Waals surface area contributed by atoms with Crippen molar-refractivity contribution in [1.29, 1.82) is 0 Å². The Balaban J connectivity index is 2.36. The van der Waals surface area contributed by atoms with E-state index in [9.17, 15) is 0 Å². The number of alkyl halides is 1. The summed E-state index contributed by atoms with van der Waals surface area (Å²) in [5.74, 6) is 0.895. The molecular formula is C13H10ClIN2S. The number of imidazole rings is 1. The highest BCUT2D eigenvalue weighted by Gasteiger charge is 2.16. The summed E-state index contributed by atoms with van der Waals surface area (Å²) in [5, 5.41) is 4.06. The van der Waals surface area contributed by atoms with E-state index in [1.165, 1.54) is 3.57 Å². The van der Waals surface area contributed by atoms with Crippen LogP contribution in [0.4, 0.5) is 0 Å². The number of halogens is 2. The molecule has 0 saturated carbocycles. The van der Waals surface area contributed by atoms with Crippen molar-refractivity contribution in [2.45, 2.75) is 12.3 Å². The zero-order valence-electron chi connectivity index (χ0n) is 9.60. The van der Waals surface area contributed by atoms with Crippen LogP contribution in [0.15, 0.2) is 35.0 Å². The van der Waals surface area contributed by atoms with Crippen molar-refractivity contribution in [2.24, 2.45) is 0 Å². The summed E-state index contributed by atoms with van der Waals surface area (Å²) in [6, 6.07) is 8.37. The van der Waals surface area contributed by atoms with Crippen molar-refractivity contribution in [3.8, 4) is 5.69 Å². The van der Waals surface area contributed by atoms with Gasteiger partial charge < -0.3 is 0 Å². The molecule has 0 aliphatic rings. The van der Waals surface area contributed by atoms with Gasteiger partial charge in [0.25, 0.3) is 0 Å². The minimum Gasteiger partial charge on any atom is -0.294 e. The molecule has 0 amide bonds. The second-order valence-electron chi connectivity index (χ2n) is 4.04. The number of rotatable bonds is 2. The van der Waals surface area contributed by atoms with E-state index in [4.69, 9.17) is 11.6 Å². The van der Waals surface area contributed by atoms with Gasteiger partial charge in [0.15, 0.2) is 0 Å². The Kier molecular flexibility index (Phi) is 3.34. The smallest absolute Gasteiger partial charge is 0.132 e. The Hall–Kier alpha value is -0.590. The van der Waals surface area contributed by atoms with Gasteiger partial charge in [0.05, 0.1) is 22.1 Å². The summed E-state index contributed by atoms with van der Waals surface area (Å²) < 4.78 is 3.32. The third-order valence-electron chi connectivity index (χ3n) is 2.76. The van der Waals surface area contributed by atoms with Gasteiger partial charge in [-0.05, 0) is 59.2 Å². The summed E-state index contributed by atoms with van der Waals surface area (Å²) in [6.45, 7) is 1.95. The molecule has 2 heterocycles. The first kappa shape index (κ1) is 12.4. The minimum absolute atomic E-state index is 0.116. The summed E-state index contributed by atoms with van der Waals surface area (Å²) in [6.07, 6.45) is 0. The second-order valence-corrected chi connectivity index (χ2v) is 6.72. The van der Waals surface area contributed by atoms with Gasteiger partial charge in [0.1, 0.15) is 5.82 Å². The van der Waals surface area contributed by atoms with E-state index in [2.05, 4.69) is 67.2 Å². The number of hydrogen-bond donors (Lipinski definition) is 0. The Morgan fingerprint density at radius 2 is 2.22 bits per heavy atom. The van der Waals surface area contributed by atoms with Crippen LogP contribution in [-0.2, 0) is 0 Å². The molecule has 0 spiro atoms. The van der Waals surface area contributed by atoms with Crippen LogP contribution in [0.2, 0.25) is 0 Å². The van der Waals surface area contributed by atoms with Crippen molar-refractivity contribution < 1.29 is 0 Å². The number of nitrogens with zero attached hydrogens (tertiary/aromatic N) is 2. The molecule has 0 fully saturated rings. The number of benzene rings is 1. The molecule has 92 valence electrons. The van der Waals surface area contributed by atoms with E-state index in [1.54, 1.807) is 11.3 Å². The second kappa shape index (κ2) is 4.83. The fraction of sp³-hybridized carbons (Fsp3) is 0.154. The van der Waals surface area contributed by atoms with Crippen LogP contribution in [0.5, 0.6) is 0 Å². The van der Waals surface area contributed by atoms with E-state index < -0.39 is 0 Å². The molecule has 1 atom stereocenters.